The standard InChI is InChI=1S/C25H25N5OS/c1-18-11-10-16-22(19(18)2)30-25(26-27-28-30)32-17-23(31)29(3)24(20-12-6-4-7-13-20)21-14-8-5-9-15-21/h4-16,24H,17H2,1-3H3. The minimum Gasteiger partial charge on any atom is -0.334 e. The van der Waals surface area contributed by atoms with Crippen LogP contribution in [0.15, 0.2) is 84.0 Å². The highest BCUT2D eigenvalue weighted by atomic mass is 32.2. The van der Waals surface area contributed by atoms with Crippen molar-refractivity contribution in [3.8, 4) is 5.69 Å². The van der Waals surface area contributed by atoms with Gasteiger partial charge in [-0.1, -0.05) is 84.6 Å². The molecule has 0 radical (unpaired) electrons. The van der Waals surface area contributed by atoms with E-state index < -0.39 is 0 Å². The number of rotatable bonds is 7. The second-order valence-electron chi connectivity index (χ2n) is 7.61. The minimum absolute atomic E-state index is 0.00298. The number of hydrogen-bond acceptors (Lipinski definition) is 5. The van der Waals surface area contributed by atoms with Crippen LogP contribution in [0.25, 0.3) is 5.69 Å². The third-order valence-corrected chi connectivity index (χ3v) is 6.49. The number of carbonyl (C=O) groups is 1. The Balaban J connectivity index is 1.54. The molecule has 0 fully saturated rings. The summed E-state index contributed by atoms with van der Waals surface area (Å²) in [4.78, 5) is 15.0. The quantitative estimate of drug-likeness (QED) is 0.390. The maximum atomic E-state index is 13.2. The lowest BCUT2D eigenvalue weighted by Gasteiger charge is -2.29. The number of benzene rings is 3. The second-order valence-corrected chi connectivity index (χ2v) is 8.55. The van der Waals surface area contributed by atoms with Crippen LogP contribution < -0.4 is 0 Å². The van der Waals surface area contributed by atoms with Gasteiger partial charge in [-0.2, -0.15) is 4.68 Å². The predicted octanol–water partition coefficient (Wildman–Crippen LogP) is 4.62. The van der Waals surface area contributed by atoms with Gasteiger partial charge in [0.25, 0.3) is 0 Å². The molecule has 1 amide bonds. The van der Waals surface area contributed by atoms with E-state index in [0.29, 0.717) is 5.16 Å². The molecule has 0 aliphatic heterocycles. The van der Waals surface area contributed by atoms with E-state index in [1.54, 1.807) is 9.58 Å². The van der Waals surface area contributed by atoms with Gasteiger partial charge in [0.1, 0.15) is 0 Å². The maximum absolute atomic E-state index is 13.2. The molecule has 1 aromatic heterocycles. The molecule has 162 valence electrons. The molecule has 4 aromatic rings. The lowest BCUT2D eigenvalue weighted by atomic mass is 9.97. The van der Waals surface area contributed by atoms with Crippen molar-refractivity contribution in [2.75, 3.05) is 12.8 Å². The van der Waals surface area contributed by atoms with E-state index in [1.807, 2.05) is 62.5 Å². The van der Waals surface area contributed by atoms with E-state index >= 15 is 0 Å². The summed E-state index contributed by atoms with van der Waals surface area (Å²) in [5.41, 5.74) is 5.33. The average molecular weight is 444 g/mol. The van der Waals surface area contributed by atoms with Crippen LogP contribution in [-0.4, -0.2) is 43.8 Å². The Morgan fingerprint density at radius 1 is 0.938 bits per heavy atom. The molecule has 3 aromatic carbocycles. The smallest absolute Gasteiger partial charge is 0.233 e. The number of hydrogen-bond donors (Lipinski definition) is 0. The van der Waals surface area contributed by atoms with Crippen molar-refractivity contribution in [2.24, 2.45) is 0 Å². The van der Waals surface area contributed by atoms with E-state index in [2.05, 4.69) is 52.8 Å². The minimum atomic E-state index is -0.166. The first-order valence-corrected chi connectivity index (χ1v) is 11.4. The van der Waals surface area contributed by atoms with Crippen molar-refractivity contribution < 1.29 is 4.79 Å². The Morgan fingerprint density at radius 3 is 2.19 bits per heavy atom. The maximum Gasteiger partial charge on any atom is 0.233 e. The Kier molecular flexibility index (Phi) is 6.66. The third kappa shape index (κ3) is 4.57. The Morgan fingerprint density at radius 2 is 1.56 bits per heavy atom. The van der Waals surface area contributed by atoms with Crippen molar-refractivity contribution in [1.29, 1.82) is 0 Å². The van der Waals surface area contributed by atoms with Gasteiger partial charge in [0.05, 0.1) is 17.5 Å². The number of aryl methyl sites for hydroxylation is 1. The summed E-state index contributed by atoms with van der Waals surface area (Å²) in [7, 11) is 1.85. The molecule has 0 aliphatic carbocycles. The van der Waals surface area contributed by atoms with Crippen LogP contribution >= 0.6 is 11.8 Å². The van der Waals surface area contributed by atoms with Crippen molar-refractivity contribution in [1.82, 2.24) is 25.1 Å². The fraction of sp³-hybridized carbons (Fsp3) is 0.200. The van der Waals surface area contributed by atoms with Crippen molar-refractivity contribution in [2.45, 2.75) is 25.0 Å². The zero-order chi connectivity index (χ0) is 22.5. The monoisotopic (exact) mass is 443 g/mol. The predicted molar refractivity (Wildman–Crippen MR) is 127 cm³/mol. The van der Waals surface area contributed by atoms with Crippen LogP contribution in [0.5, 0.6) is 0 Å². The first kappa shape index (κ1) is 21.8. The molecule has 7 heteroatoms. The van der Waals surface area contributed by atoms with Crippen LogP contribution in [0, 0.1) is 13.8 Å². The van der Waals surface area contributed by atoms with Crippen molar-refractivity contribution in [3.05, 3.63) is 101 Å². The number of carbonyl (C=O) groups excluding carboxylic acids is 1. The van der Waals surface area contributed by atoms with Crippen LogP contribution in [-0.2, 0) is 4.79 Å². The normalized spacial score (nSPS) is 11.0. The summed E-state index contributed by atoms with van der Waals surface area (Å²) in [6, 6.07) is 26.0. The van der Waals surface area contributed by atoms with Crippen LogP contribution in [0.1, 0.15) is 28.3 Å². The summed E-state index contributed by atoms with van der Waals surface area (Å²) in [5.74, 6) is 0.237. The highest BCUT2D eigenvalue weighted by Crippen LogP contribution is 2.29. The molecule has 0 bridgehead atoms. The molecular formula is C25H25N5OS. The number of amides is 1. The van der Waals surface area contributed by atoms with E-state index in [4.69, 9.17) is 0 Å². The fourth-order valence-electron chi connectivity index (χ4n) is 3.67. The van der Waals surface area contributed by atoms with Gasteiger partial charge in [0.15, 0.2) is 0 Å². The van der Waals surface area contributed by atoms with Gasteiger partial charge >= 0.3 is 0 Å². The van der Waals surface area contributed by atoms with Gasteiger partial charge in [-0.15, -0.1) is 5.10 Å². The first-order valence-electron chi connectivity index (χ1n) is 10.4. The van der Waals surface area contributed by atoms with E-state index in [-0.39, 0.29) is 17.7 Å². The molecule has 0 N–H and O–H groups in total. The van der Waals surface area contributed by atoms with Crippen LogP contribution in [0.2, 0.25) is 0 Å². The first-order chi connectivity index (χ1) is 15.6. The van der Waals surface area contributed by atoms with Crippen LogP contribution in [0.4, 0.5) is 0 Å². The molecule has 0 atom stereocenters. The Bertz CT molecular complexity index is 1150. The number of thioether (sulfide) groups is 1. The summed E-state index contributed by atoms with van der Waals surface area (Å²) in [6.45, 7) is 4.10. The zero-order valence-corrected chi connectivity index (χ0v) is 19.2. The van der Waals surface area contributed by atoms with E-state index in [9.17, 15) is 4.79 Å². The fourth-order valence-corrected chi connectivity index (χ4v) is 4.48. The molecule has 0 saturated heterocycles. The summed E-state index contributed by atoms with van der Waals surface area (Å²) in [5, 5.41) is 12.7. The molecule has 0 unspecified atom stereocenters. The molecule has 0 aliphatic rings. The van der Waals surface area contributed by atoms with Gasteiger partial charge in [0, 0.05) is 7.05 Å². The lowest BCUT2D eigenvalue weighted by Crippen LogP contribution is -2.33. The molecule has 1 heterocycles. The van der Waals surface area contributed by atoms with Crippen molar-refractivity contribution >= 4 is 17.7 Å². The molecule has 0 spiro atoms. The van der Waals surface area contributed by atoms with Crippen LogP contribution in [0.3, 0.4) is 0 Å². The average Bonchev–Trinajstić information content (AvgIpc) is 3.29. The molecular weight excluding hydrogens is 418 g/mol. The number of nitrogens with zero attached hydrogens (tertiary/aromatic N) is 5. The SMILES string of the molecule is Cc1cccc(-n2nnnc2SCC(=O)N(C)C(c2ccccc2)c2ccccc2)c1C. The summed E-state index contributed by atoms with van der Waals surface area (Å²) < 4.78 is 1.70. The highest BCUT2D eigenvalue weighted by molar-refractivity contribution is 7.99. The largest absolute Gasteiger partial charge is 0.334 e. The third-order valence-electron chi connectivity index (χ3n) is 5.58. The van der Waals surface area contributed by atoms with Crippen molar-refractivity contribution in [3.63, 3.8) is 0 Å². The van der Waals surface area contributed by atoms with Gasteiger partial charge in [0.2, 0.25) is 11.1 Å². The molecule has 32 heavy (non-hydrogen) atoms. The summed E-state index contributed by atoms with van der Waals surface area (Å²) in [6.07, 6.45) is 0. The lowest BCUT2D eigenvalue weighted by molar-refractivity contribution is -0.128. The second kappa shape index (κ2) is 9.78. The number of tetrazole rings is 1. The molecule has 4 rings (SSSR count). The van der Waals surface area contributed by atoms with Gasteiger partial charge in [-0.05, 0) is 52.6 Å². The van der Waals surface area contributed by atoms with Gasteiger partial charge in [-0.25, -0.2) is 0 Å². The zero-order valence-electron chi connectivity index (χ0n) is 18.3. The molecule has 6 nitrogen and oxygen atoms in total. The Labute approximate surface area is 192 Å². The Hall–Kier alpha value is -3.45. The van der Waals surface area contributed by atoms with Gasteiger partial charge in [-0.3, -0.25) is 4.79 Å². The molecule has 0 saturated carbocycles. The topological polar surface area (TPSA) is 63.9 Å². The van der Waals surface area contributed by atoms with E-state index in [1.165, 1.54) is 17.3 Å². The van der Waals surface area contributed by atoms with Gasteiger partial charge < -0.3 is 4.90 Å². The van der Waals surface area contributed by atoms with E-state index in [0.717, 1.165) is 22.4 Å². The summed E-state index contributed by atoms with van der Waals surface area (Å²) >= 11 is 1.34. The number of aromatic nitrogens is 4. The highest BCUT2D eigenvalue weighted by Gasteiger charge is 2.24.